The average molecular weight is 269 g/mol. The van der Waals surface area contributed by atoms with Gasteiger partial charge >= 0.3 is 0 Å². The van der Waals surface area contributed by atoms with Gasteiger partial charge in [0.25, 0.3) is 0 Å². The van der Waals surface area contributed by atoms with Gasteiger partial charge in [0.15, 0.2) is 0 Å². The van der Waals surface area contributed by atoms with Crippen molar-refractivity contribution in [2.45, 2.75) is 19.1 Å². The molecule has 0 bridgehead atoms. The number of benzene rings is 1. The molecule has 0 saturated carbocycles. The zero-order valence-corrected chi connectivity index (χ0v) is 11.5. The van der Waals surface area contributed by atoms with Gasteiger partial charge in [0.2, 0.25) is 0 Å². The molecule has 19 heavy (non-hydrogen) atoms. The molecule has 0 aliphatic rings. The van der Waals surface area contributed by atoms with Crippen molar-refractivity contribution in [2.75, 3.05) is 33.4 Å². The van der Waals surface area contributed by atoms with Gasteiger partial charge in [0.05, 0.1) is 12.7 Å². The third kappa shape index (κ3) is 7.12. The molecule has 1 rings (SSSR count). The lowest BCUT2D eigenvalue weighted by atomic mass is 10.2. The first-order valence-corrected chi connectivity index (χ1v) is 6.37. The number of aliphatic hydroxyl groups excluding tert-OH is 2. The lowest BCUT2D eigenvalue weighted by molar-refractivity contribution is 0.0582. The van der Waals surface area contributed by atoms with Crippen LogP contribution in [0.15, 0.2) is 24.3 Å². The summed E-state index contributed by atoms with van der Waals surface area (Å²) >= 11 is 0. The largest absolute Gasteiger partial charge is 0.491 e. The van der Waals surface area contributed by atoms with Crippen molar-refractivity contribution in [1.82, 2.24) is 5.32 Å². The average Bonchev–Trinajstić information content (AvgIpc) is 2.38. The van der Waals surface area contributed by atoms with E-state index in [0.717, 1.165) is 5.75 Å². The Hall–Kier alpha value is -1.14. The van der Waals surface area contributed by atoms with E-state index in [9.17, 15) is 10.2 Å². The molecule has 2 unspecified atom stereocenters. The molecule has 0 aromatic heterocycles. The molecule has 2 atom stereocenters. The highest BCUT2D eigenvalue weighted by molar-refractivity contribution is 5.26. The number of methoxy groups -OCH3 is 1. The normalized spacial score (nSPS) is 14.1. The van der Waals surface area contributed by atoms with Crippen LogP contribution in [0.2, 0.25) is 0 Å². The maximum atomic E-state index is 9.71. The van der Waals surface area contributed by atoms with E-state index in [1.807, 2.05) is 31.2 Å². The predicted octanol–water partition coefficient (Wildman–Crippen LogP) is 0.332. The lowest BCUT2D eigenvalue weighted by Crippen LogP contribution is -2.37. The summed E-state index contributed by atoms with van der Waals surface area (Å²) in [5.74, 6) is 0.740. The highest BCUT2D eigenvalue weighted by Crippen LogP contribution is 2.11. The molecule has 0 amide bonds. The Labute approximate surface area is 114 Å². The van der Waals surface area contributed by atoms with Crippen molar-refractivity contribution < 1.29 is 19.7 Å². The number of hydrogen-bond donors (Lipinski definition) is 3. The van der Waals surface area contributed by atoms with Crippen LogP contribution in [-0.4, -0.2) is 55.8 Å². The molecule has 0 fully saturated rings. The number of aryl methyl sites for hydroxylation is 1. The monoisotopic (exact) mass is 269 g/mol. The fraction of sp³-hybridized carbons (Fsp3) is 0.571. The molecular formula is C14H23NO4. The van der Waals surface area contributed by atoms with Crippen LogP contribution in [0.1, 0.15) is 5.56 Å². The molecule has 5 heteroatoms. The van der Waals surface area contributed by atoms with Gasteiger partial charge in [-0.2, -0.15) is 0 Å². The number of rotatable bonds is 9. The molecule has 0 heterocycles. The second-order valence-electron chi connectivity index (χ2n) is 4.55. The van der Waals surface area contributed by atoms with E-state index in [-0.39, 0.29) is 13.2 Å². The molecule has 0 aliphatic carbocycles. The second kappa shape index (κ2) is 8.87. The summed E-state index contributed by atoms with van der Waals surface area (Å²) in [5, 5.41) is 22.1. The number of aliphatic hydroxyl groups is 2. The molecule has 1 aromatic rings. The summed E-state index contributed by atoms with van der Waals surface area (Å²) in [4.78, 5) is 0. The summed E-state index contributed by atoms with van der Waals surface area (Å²) < 4.78 is 10.2. The quantitative estimate of drug-likeness (QED) is 0.603. The molecule has 5 nitrogen and oxygen atoms in total. The van der Waals surface area contributed by atoms with Gasteiger partial charge in [-0.05, 0) is 19.1 Å². The first-order valence-electron chi connectivity index (χ1n) is 6.37. The van der Waals surface area contributed by atoms with E-state index < -0.39 is 12.2 Å². The smallest absolute Gasteiger partial charge is 0.119 e. The zero-order valence-electron chi connectivity index (χ0n) is 11.5. The van der Waals surface area contributed by atoms with E-state index in [1.54, 1.807) is 0 Å². The van der Waals surface area contributed by atoms with Crippen molar-refractivity contribution in [3.8, 4) is 5.75 Å². The van der Waals surface area contributed by atoms with Crippen LogP contribution in [0, 0.1) is 6.92 Å². The predicted molar refractivity (Wildman–Crippen MR) is 73.4 cm³/mol. The lowest BCUT2D eigenvalue weighted by Gasteiger charge is -2.15. The van der Waals surface area contributed by atoms with Crippen LogP contribution in [0.25, 0.3) is 0 Å². The summed E-state index contributed by atoms with van der Waals surface area (Å²) in [6, 6.07) is 7.66. The summed E-state index contributed by atoms with van der Waals surface area (Å²) in [6.45, 7) is 3.26. The molecule has 0 saturated heterocycles. The van der Waals surface area contributed by atoms with E-state index in [2.05, 4.69) is 5.32 Å². The minimum absolute atomic E-state index is 0.219. The Kier molecular flexibility index (Phi) is 7.43. The van der Waals surface area contributed by atoms with E-state index >= 15 is 0 Å². The Balaban J connectivity index is 2.14. The molecule has 1 aromatic carbocycles. The Bertz CT molecular complexity index is 342. The fourth-order valence-corrected chi connectivity index (χ4v) is 1.55. The summed E-state index contributed by atoms with van der Waals surface area (Å²) in [5.41, 5.74) is 1.17. The van der Waals surface area contributed by atoms with Gasteiger partial charge in [0, 0.05) is 20.2 Å². The van der Waals surface area contributed by atoms with Gasteiger partial charge in [-0.3, -0.25) is 0 Å². The minimum Gasteiger partial charge on any atom is -0.491 e. The molecule has 0 radical (unpaired) electrons. The fourth-order valence-electron chi connectivity index (χ4n) is 1.55. The van der Waals surface area contributed by atoms with E-state index in [0.29, 0.717) is 13.1 Å². The maximum Gasteiger partial charge on any atom is 0.119 e. The Morgan fingerprint density at radius 2 is 1.63 bits per heavy atom. The number of hydrogen-bond acceptors (Lipinski definition) is 5. The third-order valence-corrected chi connectivity index (χ3v) is 2.58. The van der Waals surface area contributed by atoms with Crippen molar-refractivity contribution in [3.63, 3.8) is 0 Å². The highest BCUT2D eigenvalue weighted by atomic mass is 16.5. The van der Waals surface area contributed by atoms with Crippen molar-refractivity contribution in [1.29, 1.82) is 0 Å². The zero-order chi connectivity index (χ0) is 14.1. The van der Waals surface area contributed by atoms with Gasteiger partial charge in [-0.15, -0.1) is 0 Å². The van der Waals surface area contributed by atoms with Crippen LogP contribution < -0.4 is 10.1 Å². The van der Waals surface area contributed by atoms with Gasteiger partial charge in [-0.25, -0.2) is 0 Å². The van der Waals surface area contributed by atoms with Crippen LogP contribution in [0.4, 0.5) is 0 Å². The number of ether oxygens (including phenoxy) is 2. The minimum atomic E-state index is -0.615. The first-order chi connectivity index (χ1) is 9.11. The van der Waals surface area contributed by atoms with Crippen LogP contribution in [0.5, 0.6) is 5.75 Å². The molecule has 0 aliphatic heterocycles. The SMILES string of the molecule is COCC(O)CNCC(O)COc1ccc(C)cc1. The van der Waals surface area contributed by atoms with Gasteiger partial charge < -0.3 is 25.0 Å². The standard InChI is InChI=1S/C14H23NO4/c1-11-3-5-14(6-4-11)19-10-13(17)8-15-7-12(16)9-18-2/h3-6,12-13,15-17H,7-10H2,1-2H3. The van der Waals surface area contributed by atoms with Crippen molar-refractivity contribution >= 4 is 0 Å². The van der Waals surface area contributed by atoms with E-state index in [4.69, 9.17) is 9.47 Å². The molecular weight excluding hydrogens is 246 g/mol. The topological polar surface area (TPSA) is 71.0 Å². The van der Waals surface area contributed by atoms with Crippen LogP contribution in [-0.2, 0) is 4.74 Å². The van der Waals surface area contributed by atoms with Crippen molar-refractivity contribution in [2.24, 2.45) is 0 Å². The van der Waals surface area contributed by atoms with Gasteiger partial charge in [-0.1, -0.05) is 17.7 Å². The third-order valence-electron chi connectivity index (χ3n) is 2.58. The van der Waals surface area contributed by atoms with E-state index in [1.165, 1.54) is 12.7 Å². The molecule has 108 valence electrons. The maximum absolute atomic E-state index is 9.71. The number of nitrogens with one attached hydrogen (secondary N) is 1. The van der Waals surface area contributed by atoms with Crippen molar-refractivity contribution in [3.05, 3.63) is 29.8 Å². The Morgan fingerprint density at radius 1 is 1.05 bits per heavy atom. The van der Waals surface area contributed by atoms with Gasteiger partial charge in [0.1, 0.15) is 18.5 Å². The highest BCUT2D eigenvalue weighted by Gasteiger charge is 2.07. The van der Waals surface area contributed by atoms with Crippen LogP contribution in [0.3, 0.4) is 0 Å². The molecule has 3 N–H and O–H groups in total. The summed E-state index contributed by atoms with van der Waals surface area (Å²) in [6.07, 6.45) is -1.17. The second-order valence-corrected chi connectivity index (χ2v) is 4.55. The Morgan fingerprint density at radius 3 is 2.21 bits per heavy atom. The molecule has 0 spiro atoms. The van der Waals surface area contributed by atoms with Crippen LogP contribution >= 0.6 is 0 Å². The first kappa shape index (κ1) is 15.9. The summed E-state index contributed by atoms with van der Waals surface area (Å²) in [7, 11) is 1.54.